The third-order valence-corrected chi connectivity index (χ3v) is 7.57. The van der Waals surface area contributed by atoms with Gasteiger partial charge in [0.2, 0.25) is 0 Å². The van der Waals surface area contributed by atoms with E-state index in [0.29, 0.717) is 17.1 Å². The quantitative estimate of drug-likeness (QED) is 0.274. The topological polar surface area (TPSA) is 76.4 Å². The van der Waals surface area contributed by atoms with Crippen LogP contribution >= 0.6 is 27.5 Å². The van der Waals surface area contributed by atoms with Gasteiger partial charge in [0.15, 0.2) is 0 Å². The molecule has 3 heterocycles. The highest BCUT2D eigenvalue weighted by molar-refractivity contribution is 9.10. The summed E-state index contributed by atoms with van der Waals surface area (Å²) in [5.74, 6) is -0.0770. The number of rotatable bonds is 8. The number of benzene rings is 2. The minimum absolute atomic E-state index is 0.0770. The molecule has 0 saturated carbocycles. The summed E-state index contributed by atoms with van der Waals surface area (Å²) < 4.78 is 6.18. The van der Waals surface area contributed by atoms with E-state index < -0.39 is 0 Å². The molecule has 0 atom stereocenters. The zero-order valence-corrected chi connectivity index (χ0v) is 22.7. The fraction of sp³-hybridized carbons (Fsp3) is 0.370. The van der Waals surface area contributed by atoms with Crippen LogP contribution in [0.3, 0.4) is 0 Å². The van der Waals surface area contributed by atoms with E-state index in [1.807, 2.05) is 42.5 Å². The average Bonchev–Trinajstić information content (AvgIpc) is 3.37. The lowest BCUT2D eigenvalue weighted by Crippen LogP contribution is -2.37. The SMILES string of the molecule is COCCN1CCCN(CCNC(=O)c2c(-c3cc4cc(Cl)ccc4[nH]3)[nH]c3cc(Br)ccc23)CC1. The molecule has 190 valence electrons. The molecule has 1 aliphatic rings. The van der Waals surface area contributed by atoms with E-state index >= 15 is 0 Å². The van der Waals surface area contributed by atoms with Crippen molar-refractivity contribution in [3.8, 4) is 11.4 Å². The Morgan fingerprint density at radius 3 is 2.64 bits per heavy atom. The van der Waals surface area contributed by atoms with Crippen molar-refractivity contribution in [1.29, 1.82) is 0 Å². The van der Waals surface area contributed by atoms with Crippen LogP contribution in [0.5, 0.6) is 0 Å². The minimum Gasteiger partial charge on any atom is -0.383 e. The first kappa shape index (κ1) is 25.3. The second-order valence-corrected chi connectivity index (χ2v) is 10.6. The van der Waals surface area contributed by atoms with Crippen molar-refractivity contribution in [3.05, 3.63) is 57.5 Å². The Morgan fingerprint density at radius 1 is 1.03 bits per heavy atom. The van der Waals surface area contributed by atoms with E-state index in [4.69, 9.17) is 16.3 Å². The molecule has 1 saturated heterocycles. The Kier molecular flexibility index (Phi) is 7.98. The third kappa shape index (κ3) is 5.63. The predicted octanol–water partition coefficient (Wildman–Crippen LogP) is 5.12. The molecular formula is C27H31BrClN5O2. The van der Waals surface area contributed by atoms with Gasteiger partial charge in [0.05, 0.1) is 23.6 Å². The zero-order chi connectivity index (χ0) is 25.1. The van der Waals surface area contributed by atoms with Crippen molar-refractivity contribution in [2.45, 2.75) is 6.42 Å². The van der Waals surface area contributed by atoms with Gasteiger partial charge in [-0.2, -0.15) is 0 Å². The highest BCUT2D eigenvalue weighted by Gasteiger charge is 2.22. The normalized spacial score (nSPS) is 15.5. The summed E-state index contributed by atoms with van der Waals surface area (Å²) in [6.07, 6.45) is 1.13. The molecule has 0 bridgehead atoms. The van der Waals surface area contributed by atoms with Crippen molar-refractivity contribution in [3.63, 3.8) is 0 Å². The van der Waals surface area contributed by atoms with Gasteiger partial charge in [-0.15, -0.1) is 0 Å². The van der Waals surface area contributed by atoms with Crippen LogP contribution in [0.4, 0.5) is 0 Å². The molecule has 0 aliphatic carbocycles. The number of ether oxygens (including phenoxy) is 1. The van der Waals surface area contributed by atoms with Crippen LogP contribution in [0.1, 0.15) is 16.8 Å². The molecule has 1 fully saturated rings. The average molecular weight is 573 g/mol. The van der Waals surface area contributed by atoms with E-state index in [0.717, 1.165) is 90.0 Å². The second kappa shape index (κ2) is 11.4. The number of nitrogens with one attached hydrogen (secondary N) is 3. The third-order valence-electron chi connectivity index (χ3n) is 6.85. The molecule has 3 N–H and O–H groups in total. The predicted molar refractivity (Wildman–Crippen MR) is 150 cm³/mol. The van der Waals surface area contributed by atoms with Crippen LogP contribution in [0.2, 0.25) is 5.02 Å². The Morgan fingerprint density at radius 2 is 1.83 bits per heavy atom. The molecule has 36 heavy (non-hydrogen) atoms. The summed E-state index contributed by atoms with van der Waals surface area (Å²) >= 11 is 9.74. The fourth-order valence-electron chi connectivity index (χ4n) is 4.95. The Balaban J connectivity index is 1.33. The number of nitrogens with zero attached hydrogens (tertiary/aromatic N) is 2. The Labute approximate surface area is 224 Å². The van der Waals surface area contributed by atoms with Gasteiger partial charge in [-0.1, -0.05) is 33.6 Å². The number of carbonyl (C=O) groups is 1. The van der Waals surface area contributed by atoms with Gasteiger partial charge in [-0.25, -0.2) is 0 Å². The molecule has 2 aromatic carbocycles. The minimum atomic E-state index is -0.0770. The molecule has 0 unspecified atom stereocenters. The number of methoxy groups -OCH3 is 1. The van der Waals surface area contributed by atoms with E-state index in [9.17, 15) is 4.79 Å². The lowest BCUT2D eigenvalue weighted by Gasteiger charge is -2.21. The van der Waals surface area contributed by atoms with Gasteiger partial charge >= 0.3 is 0 Å². The fourth-order valence-corrected chi connectivity index (χ4v) is 5.50. The van der Waals surface area contributed by atoms with E-state index in [1.165, 1.54) is 0 Å². The Bertz CT molecular complexity index is 1370. The zero-order valence-electron chi connectivity index (χ0n) is 20.4. The first-order valence-corrected chi connectivity index (χ1v) is 13.5. The number of fused-ring (bicyclic) bond motifs is 2. The van der Waals surface area contributed by atoms with Crippen molar-refractivity contribution < 1.29 is 9.53 Å². The van der Waals surface area contributed by atoms with Crippen LogP contribution in [0, 0.1) is 0 Å². The summed E-state index contributed by atoms with van der Waals surface area (Å²) in [5.41, 5.74) is 4.16. The van der Waals surface area contributed by atoms with E-state index in [-0.39, 0.29) is 5.91 Å². The molecular weight excluding hydrogens is 542 g/mol. The molecule has 5 rings (SSSR count). The van der Waals surface area contributed by atoms with Gasteiger partial charge < -0.3 is 24.9 Å². The lowest BCUT2D eigenvalue weighted by atomic mass is 10.1. The maximum atomic E-state index is 13.5. The second-order valence-electron chi connectivity index (χ2n) is 9.27. The summed E-state index contributed by atoms with van der Waals surface area (Å²) in [7, 11) is 1.75. The standard InChI is InChI=1S/C27H31BrClN5O2/c1-36-14-13-34-9-2-8-33(11-12-34)10-7-30-27(35)25-21-5-3-19(28)17-23(21)32-26(25)24-16-18-15-20(29)4-6-22(18)31-24/h3-6,15-17,31-32H,2,7-14H2,1H3,(H,30,35). The maximum Gasteiger partial charge on any atom is 0.254 e. The molecule has 7 nitrogen and oxygen atoms in total. The van der Waals surface area contributed by atoms with Crippen LogP contribution in [-0.2, 0) is 4.74 Å². The largest absolute Gasteiger partial charge is 0.383 e. The molecule has 2 aromatic heterocycles. The molecule has 1 amide bonds. The molecule has 0 radical (unpaired) electrons. The number of halogens is 2. The maximum absolute atomic E-state index is 13.5. The number of amides is 1. The van der Waals surface area contributed by atoms with E-state index in [2.05, 4.69) is 41.0 Å². The van der Waals surface area contributed by atoms with Crippen LogP contribution in [-0.4, -0.2) is 85.2 Å². The smallest absolute Gasteiger partial charge is 0.254 e. The number of H-pyrrole nitrogens is 2. The number of hydrogen-bond acceptors (Lipinski definition) is 4. The van der Waals surface area contributed by atoms with Crippen molar-refractivity contribution in [1.82, 2.24) is 25.1 Å². The van der Waals surface area contributed by atoms with Crippen molar-refractivity contribution >= 4 is 55.2 Å². The summed E-state index contributed by atoms with van der Waals surface area (Å²) in [5, 5.41) is 5.76. The van der Waals surface area contributed by atoms with E-state index in [1.54, 1.807) is 7.11 Å². The lowest BCUT2D eigenvalue weighted by molar-refractivity contribution is 0.0950. The number of aromatic nitrogens is 2. The highest BCUT2D eigenvalue weighted by atomic mass is 79.9. The summed E-state index contributed by atoms with van der Waals surface area (Å²) in [6, 6.07) is 13.7. The molecule has 1 aliphatic heterocycles. The summed E-state index contributed by atoms with van der Waals surface area (Å²) in [4.78, 5) is 25.3. The van der Waals surface area contributed by atoms with Gasteiger partial charge in [0, 0.05) is 71.1 Å². The Hall–Kier alpha value is -2.36. The highest BCUT2D eigenvalue weighted by Crippen LogP contribution is 2.33. The first-order chi connectivity index (χ1) is 17.5. The number of hydrogen-bond donors (Lipinski definition) is 3. The summed E-state index contributed by atoms with van der Waals surface area (Å²) in [6.45, 7) is 7.34. The van der Waals surface area contributed by atoms with Crippen molar-refractivity contribution in [2.24, 2.45) is 0 Å². The van der Waals surface area contributed by atoms with Gasteiger partial charge in [-0.05, 0) is 55.9 Å². The van der Waals surface area contributed by atoms with Gasteiger partial charge in [0.1, 0.15) is 0 Å². The number of carbonyl (C=O) groups excluding carboxylic acids is 1. The van der Waals surface area contributed by atoms with Gasteiger partial charge in [-0.3, -0.25) is 9.69 Å². The monoisotopic (exact) mass is 571 g/mol. The first-order valence-electron chi connectivity index (χ1n) is 12.3. The molecule has 0 spiro atoms. The van der Waals surface area contributed by atoms with Crippen LogP contribution < -0.4 is 5.32 Å². The molecule has 9 heteroatoms. The van der Waals surface area contributed by atoms with Crippen LogP contribution in [0.15, 0.2) is 46.9 Å². The van der Waals surface area contributed by atoms with Crippen LogP contribution in [0.25, 0.3) is 33.2 Å². The van der Waals surface area contributed by atoms with Crippen molar-refractivity contribution in [2.75, 3.05) is 59.5 Å². The van der Waals surface area contributed by atoms with Gasteiger partial charge in [0.25, 0.3) is 5.91 Å². The number of aromatic amines is 2. The molecule has 4 aromatic rings.